The summed E-state index contributed by atoms with van der Waals surface area (Å²) in [5, 5.41) is 14.0. The molecule has 2 aromatic heterocycles. The van der Waals surface area contributed by atoms with Crippen molar-refractivity contribution in [3.8, 4) is 17.3 Å². The quantitative estimate of drug-likeness (QED) is 0.297. The van der Waals surface area contributed by atoms with E-state index >= 15 is 0 Å². The van der Waals surface area contributed by atoms with Crippen molar-refractivity contribution in [2.24, 2.45) is 0 Å². The summed E-state index contributed by atoms with van der Waals surface area (Å²) in [5.74, 6) is 2.31. The number of aromatic nitrogens is 5. The van der Waals surface area contributed by atoms with Gasteiger partial charge in [0.2, 0.25) is 0 Å². The second-order valence-corrected chi connectivity index (χ2v) is 8.15. The first kappa shape index (κ1) is 23.9. The van der Waals surface area contributed by atoms with E-state index in [2.05, 4.69) is 42.3 Å². The summed E-state index contributed by atoms with van der Waals surface area (Å²) >= 11 is 0. The average molecular weight is 477 g/mol. The third-order valence-electron chi connectivity index (χ3n) is 5.66. The van der Waals surface area contributed by atoms with E-state index in [1.165, 1.54) is 6.33 Å². The zero-order valence-corrected chi connectivity index (χ0v) is 20.2. The van der Waals surface area contributed by atoms with Crippen LogP contribution in [-0.4, -0.2) is 33.2 Å². The highest BCUT2D eigenvalue weighted by atomic mass is 16.5. The number of aromatic amines is 1. The summed E-state index contributed by atoms with van der Waals surface area (Å²) in [7, 11) is 1.63. The molecular formula is C26H34N7O2+. The van der Waals surface area contributed by atoms with E-state index < -0.39 is 0 Å². The first-order valence-electron chi connectivity index (χ1n) is 11.6. The number of amides is 1. The number of hydrogen-bond donors (Lipinski definition) is 3. The number of nitrogens with one attached hydrogen (secondary N) is 3. The van der Waals surface area contributed by atoms with Crippen LogP contribution in [0.1, 0.15) is 50.9 Å². The van der Waals surface area contributed by atoms with Gasteiger partial charge in [-0.2, -0.15) is 0 Å². The minimum Gasteiger partial charge on any atom is -0.497 e. The summed E-state index contributed by atoms with van der Waals surface area (Å²) in [6.45, 7) is 5.39. The predicted molar refractivity (Wildman–Crippen MR) is 137 cm³/mol. The Morgan fingerprint density at radius 2 is 2.06 bits per heavy atom. The van der Waals surface area contributed by atoms with Gasteiger partial charge >= 0.3 is 5.82 Å². The Morgan fingerprint density at radius 3 is 2.83 bits per heavy atom. The normalized spacial score (nSPS) is 11.6. The fraction of sp³-hybridized carbons (Fsp3) is 0.269. The number of nitrogens with zero attached hydrogens (tertiary/aromatic N) is 4. The molecule has 4 aromatic rings. The minimum absolute atomic E-state index is 0. The van der Waals surface area contributed by atoms with Crippen molar-refractivity contribution in [1.29, 1.82) is 0 Å². The van der Waals surface area contributed by atoms with Crippen LogP contribution in [0.2, 0.25) is 0 Å². The lowest BCUT2D eigenvalue weighted by molar-refractivity contribution is -0.693. The number of carbonyl (C=O) groups excluding carboxylic acids is 1. The standard InChI is InChI=1S/C26H29N7O2.2H2/c1-4-13-33-24(31-32-25(33)23-11-12-27-17-29-23)16-28-21-9-5-8-20(14-21)26(34)30-18(2)19-7-6-10-22(15-19)35-3;;/h5-12,14-15,17-18,28H,4,13,16H2,1-3H3,(H,30,34);2*1H/p+1/t18-;;/m1../s1. The van der Waals surface area contributed by atoms with E-state index in [1.807, 2.05) is 55.5 Å². The van der Waals surface area contributed by atoms with Crippen molar-refractivity contribution >= 4 is 11.6 Å². The lowest BCUT2D eigenvalue weighted by atomic mass is 10.1. The monoisotopic (exact) mass is 476 g/mol. The summed E-state index contributed by atoms with van der Waals surface area (Å²) in [5.41, 5.74) is 3.16. The van der Waals surface area contributed by atoms with E-state index in [-0.39, 0.29) is 14.8 Å². The van der Waals surface area contributed by atoms with Crippen molar-refractivity contribution < 1.29 is 17.0 Å². The summed E-state index contributed by atoms with van der Waals surface area (Å²) in [6.07, 6.45) is 4.18. The smallest absolute Gasteiger partial charge is 0.327 e. The molecule has 2 aromatic carbocycles. The molecule has 0 unspecified atom stereocenters. The van der Waals surface area contributed by atoms with Crippen molar-refractivity contribution in [2.45, 2.75) is 39.4 Å². The van der Waals surface area contributed by atoms with Gasteiger partial charge in [0.15, 0.2) is 0 Å². The van der Waals surface area contributed by atoms with E-state index in [9.17, 15) is 4.79 Å². The molecule has 4 rings (SSSR count). The van der Waals surface area contributed by atoms with Crippen LogP contribution >= 0.6 is 0 Å². The van der Waals surface area contributed by atoms with Crippen molar-refractivity contribution in [2.75, 3.05) is 12.4 Å². The molecule has 2 heterocycles. The van der Waals surface area contributed by atoms with Crippen molar-refractivity contribution in [3.05, 3.63) is 84.1 Å². The highest BCUT2D eigenvalue weighted by Crippen LogP contribution is 2.20. The molecule has 0 saturated heterocycles. The molecule has 0 spiro atoms. The largest absolute Gasteiger partial charge is 0.497 e. The molecule has 35 heavy (non-hydrogen) atoms. The zero-order chi connectivity index (χ0) is 24.6. The van der Waals surface area contributed by atoms with Gasteiger partial charge in [0, 0.05) is 25.4 Å². The summed E-state index contributed by atoms with van der Waals surface area (Å²) in [4.78, 5) is 21.2. The molecule has 3 N–H and O–H groups in total. The number of benzene rings is 2. The predicted octanol–water partition coefficient (Wildman–Crippen LogP) is 4.17. The number of H-pyrrole nitrogens is 1. The Bertz CT molecular complexity index is 1280. The molecule has 1 amide bonds. The van der Waals surface area contributed by atoms with Crippen molar-refractivity contribution in [3.63, 3.8) is 0 Å². The van der Waals surface area contributed by atoms with Gasteiger partial charge in [-0.15, -0.1) is 5.10 Å². The van der Waals surface area contributed by atoms with Crippen LogP contribution in [0.5, 0.6) is 5.75 Å². The third kappa shape index (κ3) is 5.81. The fourth-order valence-electron chi connectivity index (χ4n) is 3.81. The molecule has 0 saturated carbocycles. The molecule has 0 aliphatic heterocycles. The highest BCUT2D eigenvalue weighted by molar-refractivity contribution is 5.95. The molecular weight excluding hydrogens is 442 g/mol. The molecule has 1 atom stereocenters. The van der Waals surface area contributed by atoms with Crippen LogP contribution in [0.3, 0.4) is 0 Å². The first-order chi connectivity index (χ1) is 17.1. The number of ether oxygens (including phenoxy) is 1. The van der Waals surface area contributed by atoms with Gasteiger partial charge < -0.3 is 15.4 Å². The van der Waals surface area contributed by atoms with Gasteiger partial charge in [0.1, 0.15) is 24.3 Å². The molecule has 0 fully saturated rings. The Morgan fingerprint density at radius 1 is 1.20 bits per heavy atom. The highest BCUT2D eigenvalue weighted by Gasteiger charge is 2.22. The van der Waals surface area contributed by atoms with Crippen LogP contribution < -0.4 is 19.9 Å². The molecule has 9 heteroatoms. The first-order valence-corrected chi connectivity index (χ1v) is 11.6. The number of hydrogen-bond acceptors (Lipinski definition) is 6. The second-order valence-electron chi connectivity index (χ2n) is 8.15. The number of anilines is 1. The molecule has 0 aliphatic rings. The molecule has 0 aliphatic carbocycles. The van der Waals surface area contributed by atoms with Crippen LogP contribution in [0.15, 0.2) is 67.1 Å². The van der Waals surface area contributed by atoms with E-state index in [4.69, 9.17) is 4.74 Å². The maximum atomic E-state index is 12.9. The average Bonchev–Trinajstić information content (AvgIpc) is 3.30. The van der Waals surface area contributed by atoms with E-state index in [0.717, 1.165) is 47.3 Å². The molecule has 0 bridgehead atoms. The molecule has 184 valence electrons. The van der Waals surface area contributed by atoms with Gasteiger partial charge in [-0.1, -0.05) is 25.1 Å². The topological polar surface area (TPSA) is 109 Å². The van der Waals surface area contributed by atoms with Gasteiger partial charge in [-0.05, 0) is 55.3 Å². The Hall–Kier alpha value is -4.27. The van der Waals surface area contributed by atoms with Crippen LogP contribution in [-0.2, 0) is 13.1 Å². The lowest BCUT2D eigenvalue weighted by Gasteiger charge is -2.16. The maximum Gasteiger partial charge on any atom is 0.327 e. The van der Waals surface area contributed by atoms with E-state index in [1.54, 1.807) is 19.4 Å². The number of rotatable bonds is 10. The Labute approximate surface area is 207 Å². The molecule has 0 radical (unpaired) electrons. The van der Waals surface area contributed by atoms with Crippen LogP contribution in [0.4, 0.5) is 5.69 Å². The van der Waals surface area contributed by atoms with Crippen LogP contribution in [0.25, 0.3) is 11.5 Å². The number of methoxy groups -OCH3 is 1. The van der Waals surface area contributed by atoms with E-state index in [0.29, 0.717) is 12.1 Å². The Kier molecular flexibility index (Phi) is 7.67. The molecule has 9 nitrogen and oxygen atoms in total. The Balaban J connectivity index is 0.00000241. The van der Waals surface area contributed by atoms with Gasteiger partial charge in [-0.25, -0.2) is 14.5 Å². The lowest BCUT2D eigenvalue weighted by Crippen LogP contribution is -2.39. The zero-order valence-electron chi connectivity index (χ0n) is 20.2. The van der Waals surface area contributed by atoms with Gasteiger partial charge in [0.25, 0.3) is 11.7 Å². The summed E-state index contributed by atoms with van der Waals surface area (Å²) in [6, 6.07) is 16.8. The SMILES string of the molecule is CCC[n+]1c(-c2ccncn2)n[nH]c1CNc1cccc(C(=O)N[C@H](C)c2cccc(OC)c2)c1.[HH].[HH]. The minimum atomic E-state index is -0.160. The third-order valence-corrected chi connectivity index (χ3v) is 5.66. The second kappa shape index (κ2) is 11.2. The van der Waals surface area contributed by atoms with Crippen LogP contribution in [0, 0.1) is 0 Å². The van der Waals surface area contributed by atoms with Crippen molar-refractivity contribution in [1.82, 2.24) is 25.5 Å². The summed E-state index contributed by atoms with van der Waals surface area (Å²) < 4.78 is 7.40. The fourth-order valence-corrected chi connectivity index (χ4v) is 3.81. The maximum absolute atomic E-state index is 12.9. The number of carbonyl (C=O) groups is 1. The van der Waals surface area contributed by atoms with Gasteiger partial charge in [0.05, 0.1) is 19.7 Å². The van der Waals surface area contributed by atoms with Gasteiger partial charge in [-0.3, -0.25) is 4.79 Å².